The molecule has 21 heavy (non-hydrogen) atoms. The molecule has 0 aliphatic carbocycles. The van der Waals surface area contributed by atoms with E-state index in [0.717, 1.165) is 4.90 Å². The molecule has 0 radical (unpaired) electrons. The lowest BCUT2D eigenvalue weighted by Gasteiger charge is -2.13. The van der Waals surface area contributed by atoms with Crippen LogP contribution >= 0.6 is 23.2 Å². The molecule has 1 atom stereocenters. The van der Waals surface area contributed by atoms with Crippen LogP contribution in [0.2, 0.25) is 10.0 Å². The lowest BCUT2D eigenvalue weighted by molar-refractivity contribution is -0.130. The van der Waals surface area contributed by atoms with Crippen LogP contribution in [0.1, 0.15) is 0 Å². The number of hydrogen-bond donors (Lipinski definition) is 2. The highest BCUT2D eigenvalue weighted by Crippen LogP contribution is 2.27. The van der Waals surface area contributed by atoms with Crippen molar-refractivity contribution in [1.82, 2.24) is 10.6 Å². The molecule has 1 aromatic rings. The van der Waals surface area contributed by atoms with E-state index in [4.69, 9.17) is 23.2 Å². The average Bonchev–Trinajstić information content (AvgIpc) is 2.70. The largest absolute Gasteiger partial charge is 0.364 e. The van der Waals surface area contributed by atoms with E-state index in [9.17, 15) is 14.4 Å². The number of rotatable bonds is 4. The molecule has 7 nitrogen and oxygen atoms in total. The van der Waals surface area contributed by atoms with Crippen molar-refractivity contribution < 1.29 is 19.1 Å². The van der Waals surface area contributed by atoms with E-state index >= 15 is 0 Å². The van der Waals surface area contributed by atoms with Gasteiger partial charge in [-0.15, -0.1) is 0 Å². The summed E-state index contributed by atoms with van der Waals surface area (Å²) in [5, 5.41) is 5.17. The topological polar surface area (TPSA) is 87.7 Å². The molecule has 1 heterocycles. The van der Waals surface area contributed by atoms with Gasteiger partial charge in [-0.05, 0) is 18.2 Å². The predicted octanol–water partition coefficient (Wildman–Crippen LogP) is 1.14. The van der Waals surface area contributed by atoms with E-state index in [1.54, 1.807) is 0 Å². The molecule has 1 fully saturated rings. The summed E-state index contributed by atoms with van der Waals surface area (Å²) >= 11 is 11.7. The smallest absolute Gasteiger partial charge is 0.329 e. The normalized spacial score (nSPS) is 17.9. The number of urea groups is 1. The molecule has 0 bridgehead atoms. The zero-order valence-electron chi connectivity index (χ0n) is 10.9. The van der Waals surface area contributed by atoms with Crippen molar-refractivity contribution in [3.8, 4) is 0 Å². The Morgan fingerprint density at radius 3 is 2.52 bits per heavy atom. The third-order valence-electron chi connectivity index (χ3n) is 2.70. The number of benzene rings is 1. The van der Waals surface area contributed by atoms with Crippen LogP contribution in [0.3, 0.4) is 0 Å². The average molecular weight is 332 g/mol. The zero-order chi connectivity index (χ0) is 15.6. The maximum Gasteiger partial charge on any atom is 0.329 e. The molecule has 1 aliphatic heterocycles. The van der Waals surface area contributed by atoms with Crippen LogP contribution in [0.25, 0.3) is 0 Å². The Labute approximate surface area is 130 Å². The fraction of sp³-hybridized carbons (Fsp3) is 0.250. The van der Waals surface area contributed by atoms with Gasteiger partial charge in [-0.3, -0.25) is 9.59 Å². The predicted molar refractivity (Wildman–Crippen MR) is 76.3 cm³/mol. The van der Waals surface area contributed by atoms with Crippen molar-refractivity contribution in [2.24, 2.45) is 0 Å². The van der Waals surface area contributed by atoms with Crippen LogP contribution in [0.15, 0.2) is 18.2 Å². The Morgan fingerprint density at radius 2 is 1.95 bits per heavy atom. The fourth-order valence-corrected chi connectivity index (χ4v) is 2.33. The van der Waals surface area contributed by atoms with E-state index < -0.39 is 23.9 Å². The number of ether oxygens (including phenoxy) is 1. The highest BCUT2D eigenvalue weighted by Gasteiger charge is 2.43. The summed E-state index contributed by atoms with van der Waals surface area (Å²) in [6, 6.07) is 2.23. The summed E-state index contributed by atoms with van der Waals surface area (Å²) in [6.45, 7) is -0.0680. The number of methoxy groups -OCH3 is 1. The van der Waals surface area contributed by atoms with E-state index in [1.165, 1.54) is 25.3 Å². The van der Waals surface area contributed by atoms with Crippen molar-refractivity contribution >= 4 is 46.7 Å². The monoisotopic (exact) mass is 331 g/mol. The number of hydrogen-bond acceptors (Lipinski definition) is 4. The van der Waals surface area contributed by atoms with Gasteiger partial charge in [0.05, 0.1) is 5.69 Å². The molecular weight excluding hydrogens is 321 g/mol. The molecule has 1 unspecified atom stereocenters. The quantitative estimate of drug-likeness (QED) is 0.492. The van der Waals surface area contributed by atoms with Gasteiger partial charge in [0.15, 0.2) is 6.04 Å². The lowest BCUT2D eigenvalue weighted by atomic mass is 10.2. The van der Waals surface area contributed by atoms with Crippen molar-refractivity contribution in [2.45, 2.75) is 6.04 Å². The van der Waals surface area contributed by atoms with Gasteiger partial charge in [-0.2, -0.15) is 0 Å². The molecular formula is C12H11Cl2N3O4. The number of nitrogens with zero attached hydrogens (tertiary/aromatic N) is 1. The first-order valence-corrected chi connectivity index (χ1v) is 6.57. The Balaban J connectivity index is 2.24. The Bertz CT molecular complexity index is 588. The van der Waals surface area contributed by atoms with Crippen LogP contribution in [0.4, 0.5) is 10.5 Å². The highest BCUT2D eigenvalue weighted by atomic mass is 35.5. The first-order chi connectivity index (χ1) is 9.93. The molecule has 9 heteroatoms. The summed E-state index contributed by atoms with van der Waals surface area (Å²) in [5.74, 6) is -1.38. The van der Waals surface area contributed by atoms with E-state index in [2.05, 4.69) is 15.4 Å². The molecule has 1 aliphatic rings. The van der Waals surface area contributed by atoms with E-state index in [1.807, 2.05) is 0 Å². The molecule has 0 saturated carbocycles. The molecule has 112 valence electrons. The third-order valence-corrected chi connectivity index (χ3v) is 3.13. The number of carbonyl (C=O) groups is 3. The Hall–Kier alpha value is -1.83. The maximum atomic E-state index is 12.2. The molecule has 1 saturated heterocycles. The summed E-state index contributed by atoms with van der Waals surface area (Å²) in [5.41, 5.74) is 0.192. The fourth-order valence-electron chi connectivity index (χ4n) is 1.81. The summed E-state index contributed by atoms with van der Waals surface area (Å²) in [4.78, 5) is 36.7. The first kappa shape index (κ1) is 15.6. The van der Waals surface area contributed by atoms with Crippen molar-refractivity contribution in [1.29, 1.82) is 0 Å². The van der Waals surface area contributed by atoms with Crippen molar-refractivity contribution in [3.05, 3.63) is 28.2 Å². The number of amides is 4. The van der Waals surface area contributed by atoms with Gasteiger partial charge in [0.1, 0.15) is 6.73 Å². The van der Waals surface area contributed by atoms with Crippen LogP contribution < -0.4 is 15.5 Å². The molecule has 0 spiro atoms. The second-order valence-corrected chi connectivity index (χ2v) is 5.03. The van der Waals surface area contributed by atoms with Gasteiger partial charge < -0.3 is 15.4 Å². The third kappa shape index (κ3) is 3.26. The minimum Gasteiger partial charge on any atom is -0.364 e. The summed E-state index contributed by atoms with van der Waals surface area (Å²) in [6.07, 6.45) is 0. The number of anilines is 1. The highest BCUT2D eigenvalue weighted by molar-refractivity contribution is 6.36. The SMILES string of the molecule is COCNC(=O)C1NC(=O)N(c2cc(Cl)cc(Cl)c2)C1=O. The van der Waals surface area contributed by atoms with Crippen LogP contribution in [0.5, 0.6) is 0 Å². The van der Waals surface area contributed by atoms with Gasteiger partial charge >= 0.3 is 6.03 Å². The maximum absolute atomic E-state index is 12.2. The first-order valence-electron chi connectivity index (χ1n) is 5.81. The number of carbonyl (C=O) groups excluding carboxylic acids is 3. The standard InChI is InChI=1S/C12H11Cl2N3O4/c1-21-5-15-10(18)9-11(19)17(12(20)16-9)8-3-6(13)2-7(14)4-8/h2-4,9H,5H2,1H3,(H,15,18)(H,16,20). The Morgan fingerprint density at radius 1 is 1.33 bits per heavy atom. The van der Waals surface area contributed by atoms with Gasteiger partial charge in [-0.25, -0.2) is 9.69 Å². The van der Waals surface area contributed by atoms with Crippen LogP contribution in [0, 0.1) is 0 Å². The van der Waals surface area contributed by atoms with Crippen LogP contribution in [-0.2, 0) is 14.3 Å². The summed E-state index contributed by atoms with van der Waals surface area (Å²) < 4.78 is 4.67. The molecule has 1 aromatic carbocycles. The number of halogens is 2. The molecule has 4 amide bonds. The Kier molecular flexibility index (Phi) is 4.66. The second-order valence-electron chi connectivity index (χ2n) is 4.16. The van der Waals surface area contributed by atoms with Crippen molar-refractivity contribution in [3.63, 3.8) is 0 Å². The van der Waals surface area contributed by atoms with Gasteiger partial charge in [0.2, 0.25) is 0 Å². The van der Waals surface area contributed by atoms with E-state index in [-0.39, 0.29) is 22.5 Å². The minimum absolute atomic E-state index is 0.0680. The minimum atomic E-state index is -1.31. The molecule has 2 N–H and O–H groups in total. The zero-order valence-corrected chi connectivity index (χ0v) is 12.4. The lowest BCUT2D eigenvalue weighted by Crippen LogP contribution is -2.45. The second kappa shape index (κ2) is 6.30. The number of nitrogens with one attached hydrogen (secondary N) is 2. The van der Waals surface area contributed by atoms with Crippen molar-refractivity contribution in [2.75, 3.05) is 18.7 Å². The number of imide groups is 1. The van der Waals surface area contributed by atoms with Gasteiger partial charge in [0, 0.05) is 17.2 Å². The molecule has 0 aromatic heterocycles. The molecule has 2 rings (SSSR count). The van der Waals surface area contributed by atoms with Crippen LogP contribution in [-0.4, -0.2) is 37.7 Å². The van der Waals surface area contributed by atoms with E-state index in [0.29, 0.717) is 0 Å². The van der Waals surface area contributed by atoms with Gasteiger partial charge in [-0.1, -0.05) is 23.2 Å². The summed E-state index contributed by atoms with van der Waals surface area (Å²) in [7, 11) is 1.38. The van der Waals surface area contributed by atoms with Gasteiger partial charge in [0.25, 0.3) is 11.8 Å².